The number of methoxy groups -OCH3 is 1. The predicted octanol–water partition coefficient (Wildman–Crippen LogP) is 3.61. The summed E-state index contributed by atoms with van der Waals surface area (Å²) in [5, 5.41) is 3.75. The Balaban J connectivity index is 2.24. The summed E-state index contributed by atoms with van der Waals surface area (Å²) in [5.41, 5.74) is 2.66. The van der Waals surface area contributed by atoms with E-state index in [9.17, 15) is 0 Å². The first-order valence-corrected chi connectivity index (χ1v) is 8.25. The minimum Gasteiger partial charge on any atom is -0.497 e. The van der Waals surface area contributed by atoms with Crippen LogP contribution >= 0.6 is 0 Å². The highest BCUT2D eigenvalue weighted by atomic mass is 16.5. The number of ether oxygens (including phenoxy) is 1. The van der Waals surface area contributed by atoms with Gasteiger partial charge in [0.15, 0.2) is 0 Å². The van der Waals surface area contributed by atoms with Gasteiger partial charge in [-0.15, -0.1) is 0 Å². The third-order valence-corrected chi connectivity index (χ3v) is 4.97. The van der Waals surface area contributed by atoms with E-state index in [1.807, 2.05) is 0 Å². The number of aryl methyl sites for hydroxylation is 1. The molecule has 0 aromatic heterocycles. The monoisotopic (exact) mass is 290 g/mol. The molecule has 0 amide bonds. The average molecular weight is 290 g/mol. The largest absolute Gasteiger partial charge is 0.497 e. The van der Waals surface area contributed by atoms with Gasteiger partial charge in [-0.25, -0.2) is 0 Å². The summed E-state index contributed by atoms with van der Waals surface area (Å²) in [6, 6.07) is 7.60. The third-order valence-electron chi connectivity index (χ3n) is 4.97. The Hall–Kier alpha value is -1.22. The van der Waals surface area contributed by atoms with Crippen LogP contribution in [0.25, 0.3) is 0 Å². The van der Waals surface area contributed by atoms with Crippen molar-refractivity contribution in [3.05, 3.63) is 23.8 Å². The fourth-order valence-electron chi connectivity index (χ4n) is 3.23. The highest BCUT2D eigenvalue weighted by Gasteiger charge is 2.29. The Morgan fingerprint density at radius 2 is 2.14 bits per heavy atom. The minimum absolute atomic E-state index is 0.581. The van der Waals surface area contributed by atoms with Crippen LogP contribution in [0.4, 0.5) is 5.69 Å². The molecule has 1 fully saturated rings. The van der Waals surface area contributed by atoms with Gasteiger partial charge in [-0.2, -0.15) is 0 Å². The van der Waals surface area contributed by atoms with Crippen molar-refractivity contribution in [2.75, 3.05) is 25.1 Å². The standard InChI is InChI=1S/C18H30N2O/c1-6-13(3)17-12-20(15(7-2)11-19-17)18-9-8-16(21-5)10-14(18)4/h8-10,13,15,17,19H,6-7,11-12H2,1-5H3. The van der Waals surface area contributed by atoms with Crippen molar-refractivity contribution < 1.29 is 4.74 Å². The number of hydrogen-bond acceptors (Lipinski definition) is 3. The molecule has 1 heterocycles. The van der Waals surface area contributed by atoms with Gasteiger partial charge in [0.2, 0.25) is 0 Å². The van der Waals surface area contributed by atoms with Gasteiger partial charge in [0.05, 0.1) is 7.11 Å². The molecule has 3 atom stereocenters. The van der Waals surface area contributed by atoms with E-state index in [1.165, 1.54) is 24.1 Å². The Labute approximate surface area is 129 Å². The lowest BCUT2D eigenvalue weighted by atomic mass is 9.94. The van der Waals surface area contributed by atoms with Crippen molar-refractivity contribution >= 4 is 5.69 Å². The number of benzene rings is 1. The summed E-state index contributed by atoms with van der Waals surface area (Å²) in [5.74, 6) is 1.65. The summed E-state index contributed by atoms with van der Waals surface area (Å²) in [7, 11) is 1.73. The molecule has 1 aromatic carbocycles. The molecule has 0 radical (unpaired) electrons. The van der Waals surface area contributed by atoms with Crippen molar-refractivity contribution in [2.24, 2.45) is 5.92 Å². The van der Waals surface area contributed by atoms with Crippen molar-refractivity contribution in [3.63, 3.8) is 0 Å². The topological polar surface area (TPSA) is 24.5 Å². The lowest BCUT2D eigenvalue weighted by molar-refractivity contribution is 0.306. The van der Waals surface area contributed by atoms with Crippen LogP contribution in [-0.4, -0.2) is 32.3 Å². The van der Waals surface area contributed by atoms with Crippen LogP contribution in [0.1, 0.15) is 39.2 Å². The SMILES string of the molecule is CCC(C)C1CN(c2ccc(OC)cc2C)C(CC)CN1. The first kappa shape index (κ1) is 16.2. The normalized spacial score (nSPS) is 24.0. The van der Waals surface area contributed by atoms with Gasteiger partial charge >= 0.3 is 0 Å². The fourth-order valence-corrected chi connectivity index (χ4v) is 3.23. The van der Waals surface area contributed by atoms with E-state index < -0.39 is 0 Å². The summed E-state index contributed by atoms with van der Waals surface area (Å²) < 4.78 is 5.34. The Morgan fingerprint density at radius 1 is 1.38 bits per heavy atom. The highest BCUT2D eigenvalue weighted by Crippen LogP contribution is 2.29. The van der Waals surface area contributed by atoms with Crippen molar-refractivity contribution in [1.82, 2.24) is 5.32 Å². The number of anilines is 1. The molecule has 21 heavy (non-hydrogen) atoms. The number of nitrogens with zero attached hydrogens (tertiary/aromatic N) is 1. The van der Waals surface area contributed by atoms with Crippen molar-refractivity contribution in [1.29, 1.82) is 0 Å². The second-order valence-corrected chi connectivity index (χ2v) is 6.27. The second-order valence-electron chi connectivity index (χ2n) is 6.27. The van der Waals surface area contributed by atoms with E-state index in [1.54, 1.807) is 7.11 Å². The van der Waals surface area contributed by atoms with E-state index >= 15 is 0 Å². The summed E-state index contributed by atoms with van der Waals surface area (Å²) in [6.45, 7) is 11.3. The molecule has 3 unspecified atom stereocenters. The molecule has 0 spiro atoms. The van der Waals surface area contributed by atoms with Gasteiger partial charge in [0, 0.05) is 30.9 Å². The molecule has 3 nitrogen and oxygen atoms in total. The van der Waals surface area contributed by atoms with Gasteiger partial charge in [0.25, 0.3) is 0 Å². The highest BCUT2D eigenvalue weighted by molar-refractivity contribution is 5.57. The van der Waals surface area contributed by atoms with Gasteiger partial charge in [-0.1, -0.05) is 27.2 Å². The summed E-state index contributed by atoms with van der Waals surface area (Å²) in [6.07, 6.45) is 2.40. The molecule has 1 saturated heterocycles. The van der Waals surface area contributed by atoms with E-state index in [4.69, 9.17) is 4.74 Å². The predicted molar refractivity (Wildman–Crippen MR) is 90.4 cm³/mol. The van der Waals surface area contributed by atoms with Crippen molar-refractivity contribution in [3.8, 4) is 5.75 Å². The van der Waals surface area contributed by atoms with Gasteiger partial charge in [-0.3, -0.25) is 0 Å². The minimum atomic E-state index is 0.581. The summed E-state index contributed by atoms with van der Waals surface area (Å²) in [4.78, 5) is 2.60. The lowest BCUT2D eigenvalue weighted by Gasteiger charge is -2.44. The van der Waals surface area contributed by atoms with Crippen LogP contribution in [0.3, 0.4) is 0 Å². The maximum absolute atomic E-state index is 5.34. The van der Waals surface area contributed by atoms with E-state index in [0.29, 0.717) is 18.0 Å². The molecule has 0 bridgehead atoms. The first-order chi connectivity index (χ1) is 10.1. The fraction of sp³-hybridized carbons (Fsp3) is 0.667. The lowest BCUT2D eigenvalue weighted by Crippen LogP contribution is -2.58. The Morgan fingerprint density at radius 3 is 2.71 bits per heavy atom. The Bertz CT molecular complexity index is 461. The number of piperazine rings is 1. The summed E-state index contributed by atoms with van der Waals surface area (Å²) >= 11 is 0. The first-order valence-electron chi connectivity index (χ1n) is 8.25. The molecule has 1 aromatic rings. The quantitative estimate of drug-likeness (QED) is 0.896. The second kappa shape index (κ2) is 7.17. The Kier molecular flexibility index (Phi) is 5.51. The molecule has 1 aliphatic heterocycles. The maximum Gasteiger partial charge on any atom is 0.119 e. The zero-order valence-corrected chi connectivity index (χ0v) is 14.1. The van der Waals surface area contributed by atoms with Crippen LogP contribution in [0, 0.1) is 12.8 Å². The molecule has 1 aliphatic rings. The van der Waals surface area contributed by atoms with Crippen molar-refractivity contribution in [2.45, 2.75) is 52.6 Å². The average Bonchev–Trinajstić information content (AvgIpc) is 2.53. The van der Waals surface area contributed by atoms with Gasteiger partial charge < -0.3 is 15.0 Å². The molecular formula is C18H30N2O. The maximum atomic E-state index is 5.34. The zero-order valence-electron chi connectivity index (χ0n) is 14.1. The van der Waals surface area contributed by atoms with Crippen LogP contribution in [0.15, 0.2) is 18.2 Å². The van der Waals surface area contributed by atoms with Crippen LogP contribution in [-0.2, 0) is 0 Å². The van der Waals surface area contributed by atoms with Gasteiger partial charge in [-0.05, 0) is 43.0 Å². The van der Waals surface area contributed by atoms with Crippen LogP contribution in [0.2, 0.25) is 0 Å². The van der Waals surface area contributed by atoms with E-state index in [0.717, 1.165) is 18.8 Å². The third kappa shape index (κ3) is 3.52. The van der Waals surface area contributed by atoms with Crippen LogP contribution < -0.4 is 15.0 Å². The van der Waals surface area contributed by atoms with E-state index in [-0.39, 0.29) is 0 Å². The molecule has 0 saturated carbocycles. The zero-order chi connectivity index (χ0) is 15.4. The molecule has 3 heteroatoms. The number of hydrogen-bond donors (Lipinski definition) is 1. The van der Waals surface area contributed by atoms with E-state index in [2.05, 4.69) is 56.1 Å². The molecular weight excluding hydrogens is 260 g/mol. The number of rotatable bonds is 5. The van der Waals surface area contributed by atoms with Gasteiger partial charge in [0.1, 0.15) is 5.75 Å². The molecule has 2 rings (SSSR count). The number of nitrogens with one attached hydrogen (secondary N) is 1. The van der Waals surface area contributed by atoms with Crippen LogP contribution in [0.5, 0.6) is 5.75 Å². The molecule has 0 aliphatic carbocycles. The molecule has 1 N–H and O–H groups in total. The smallest absolute Gasteiger partial charge is 0.119 e. The molecule has 118 valence electrons.